The van der Waals surface area contributed by atoms with E-state index < -0.39 is 11.4 Å². The van der Waals surface area contributed by atoms with E-state index >= 15 is 0 Å². The summed E-state index contributed by atoms with van der Waals surface area (Å²) < 4.78 is 5.79. The molecule has 3 aromatic rings. The number of nitrogens with one attached hydrogen (secondary N) is 1. The number of piperazine rings is 1. The van der Waals surface area contributed by atoms with Crippen molar-refractivity contribution in [2.75, 3.05) is 47.9 Å². The first-order valence-electron chi connectivity index (χ1n) is 11.9. The molecule has 4 rings (SSSR count). The molecule has 1 saturated heterocycles. The fraction of sp³-hybridized carbons (Fsp3) is 0.370. The number of aromatic carboxylic acids is 1. The van der Waals surface area contributed by atoms with Crippen LogP contribution in [0.2, 0.25) is 0 Å². The first kappa shape index (κ1) is 24.3. The van der Waals surface area contributed by atoms with Crippen LogP contribution in [0.4, 0.5) is 17.2 Å². The van der Waals surface area contributed by atoms with Crippen LogP contribution >= 0.6 is 0 Å². The Hall–Kier alpha value is -3.81. The van der Waals surface area contributed by atoms with Gasteiger partial charge in [0, 0.05) is 42.7 Å². The van der Waals surface area contributed by atoms with Crippen LogP contribution in [0.1, 0.15) is 38.1 Å². The number of pyridine rings is 1. The second-order valence-electron chi connectivity index (χ2n) is 9.64. The predicted molar refractivity (Wildman–Crippen MR) is 139 cm³/mol. The van der Waals surface area contributed by atoms with E-state index in [1.165, 1.54) is 0 Å². The Morgan fingerprint density at radius 1 is 1.03 bits per heavy atom. The standard InChI is InChI=1S/C27H32N4O4/c1-5-35-23-9-7-6-8-22(23)30-12-14-31(15-13-30)24-17-20(25(32)33)19-16-18(10-11-21(19)29-24)28-26(34)27(2,3)4/h6-11,16-17H,5,12-15H2,1-4H3,(H,28,34)(H,32,33). The van der Waals surface area contributed by atoms with E-state index in [0.717, 1.165) is 24.5 Å². The summed E-state index contributed by atoms with van der Waals surface area (Å²) in [5.41, 5.74) is 1.81. The van der Waals surface area contributed by atoms with Crippen LogP contribution < -0.4 is 19.9 Å². The average molecular weight is 477 g/mol. The van der Waals surface area contributed by atoms with E-state index in [4.69, 9.17) is 9.72 Å². The van der Waals surface area contributed by atoms with Gasteiger partial charge in [-0.25, -0.2) is 9.78 Å². The molecule has 1 aliphatic rings. The van der Waals surface area contributed by atoms with Crippen LogP contribution in [0, 0.1) is 5.41 Å². The van der Waals surface area contributed by atoms with Crippen molar-refractivity contribution in [1.29, 1.82) is 0 Å². The highest BCUT2D eigenvalue weighted by Gasteiger charge is 2.24. The Morgan fingerprint density at radius 2 is 1.71 bits per heavy atom. The minimum absolute atomic E-state index is 0.137. The van der Waals surface area contributed by atoms with E-state index in [2.05, 4.69) is 21.2 Å². The summed E-state index contributed by atoms with van der Waals surface area (Å²) in [5, 5.41) is 13.3. The molecule has 0 unspecified atom stereocenters. The zero-order valence-corrected chi connectivity index (χ0v) is 20.7. The molecule has 2 heterocycles. The van der Waals surface area contributed by atoms with Gasteiger partial charge in [-0.15, -0.1) is 0 Å². The largest absolute Gasteiger partial charge is 0.492 e. The number of carboxylic acid groups (broad SMARTS) is 1. The molecule has 184 valence electrons. The van der Waals surface area contributed by atoms with Crippen molar-refractivity contribution in [1.82, 2.24) is 4.98 Å². The Labute approximate surface area is 205 Å². The third-order valence-corrected chi connectivity index (χ3v) is 6.07. The Bertz CT molecular complexity index is 1240. The molecule has 8 heteroatoms. The lowest BCUT2D eigenvalue weighted by Gasteiger charge is -2.37. The molecule has 1 aromatic heterocycles. The number of carboxylic acids is 1. The average Bonchev–Trinajstić information content (AvgIpc) is 2.83. The second-order valence-corrected chi connectivity index (χ2v) is 9.64. The van der Waals surface area contributed by atoms with Crippen LogP contribution in [0.25, 0.3) is 10.9 Å². The lowest BCUT2D eigenvalue weighted by molar-refractivity contribution is -0.123. The molecule has 1 aliphatic heterocycles. The van der Waals surface area contributed by atoms with Crippen molar-refractivity contribution in [2.24, 2.45) is 5.41 Å². The van der Waals surface area contributed by atoms with Gasteiger partial charge in [-0.3, -0.25) is 4.79 Å². The number of rotatable bonds is 6. The summed E-state index contributed by atoms with van der Waals surface area (Å²) in [6, 6.07) is 14.9. The molecule has 1 fully saturated rings. The van der Waals surface area contributed by atoms with E-state index in [0.29, 0.717) is 42.1 Å². The monoisotopic (exact) mass is 476 g/mol. The normalized spacial score (nSPS) is 14.2. The number of fused-ring (bicyclic) bond motifs is 1. The predicted octanol–water partition coefficient (Wildman–Crippen LogP) is 4.64. The molecular formula is C27H32N4O4. The number of anilines is 3. The van der Waals surface area contributed by atoms with Crippen LogP contribution in [-0.2, 0) is 4.79 Å². The van der Waals surface area contributed by atoms with Gasteiger partial charge < -0.3 is 25.0 Å². The number of aromatic nitrogens is 1. The van der Waals surface area contributed by atoms with Gasteiger partial charge in [0.1, 0.15) is 11.6 Å². The number of benzene rings is 2. The highest BCUT2D eigenvalue weighted by atomic mass is 16.5. The molecule has 0 aliphatic carbocycles. The molecule has 35 heavy (non-hydrogen) atoms. The van der Waals surface area contributed by atoms with E-state index in [9.17, 15) is 14.7 Å². The third-order valence-electron chi connectivity index (χ3n) is 6.07. The maximum Gasteiger partial charge on any atom is 0.336 e. The van der Waals surface area contributed by atoms with Gasteiger partial charge >= 0.3 is 5.97 Å². The van der Waals surface area contributed by atoms with Gasteiger partial charge in [0.2, 0.25) is 5.91 Å². The number of nitrogens with zero attached hydrogens (tertiary/aromatic N) is 3. The van der Waals surface area contributed by atoms with Crippen molar-refractivity contribution in [2.45, 2.75) is 27.7 Å². The highest BCUT2D eigenvalue weighted by molar-refractivity contribution is 6.05. The van der Waals surface area contributed by atoms with Gasteiger partial charge in [-0.2, -0.15) is 0 Å². The van der Waals surface area contributed by atoms with Crippen molar-refractivity contribution in [3.63, 3.8) is 0 Å². The van der Waals surface area contributed by atoms with Gasteiger partial charge in [0.25, 0.3) is 0 Å². The number of carbonyl (C=O) groups excluding carboxylic acids is 1. The number of para-hydroxylation sites is 2. The summed E-state index contributed by atoms with van der Waals surface area (Å²) in [7, 11) is 0. The summed E-state index contributed by atoms with van der Waals surface area (Å²) in [4.78, 5) is 33.7. The first-order valence-corrected chi connectivity index (χ1v) is 11.9. The maximum atomic E-state index is 12.4. The zero-order chi connectivity index (χ0) is 25.2. The quantitative estimate of drug-likeness (QED) is 0.535. The lowest BCUT2D eigenvalue weighted by Crippen LogP contribution is -2.47. The SMILES string of the molecule is CCOc1ccccc1N1CCN(c2cc(C(=O)O)c3cc(NC(=O)C(C)(C)C)ccc3n2)CC1. The van der Waals surface area contributed by atoms with Crippen LogP contribution in [0.15, 0.2) is 48.5 Å². The Morgan fingerprint density at radius 3 is 2.37 bits per heavy atom. The maximum absolute atomic E-state index is 12.4. The summed E-state index contributed by atoms with van der Waals surface area (Å²) in [5.74, 6) is 0.346. The molecule has 2 N–H and O–H groups in total. The van der Waals surface area contributed by atoms with Gasteiger partial charge in [0.05, 0.1) is 23.4 Å². The van der Waals surface area contributed by atoms with Crippen molar-refractivity contribution < 1.29 is 19.4 Å². The van der Waals surface area contributed by atoms with Crippen molar-refractivity contribution in [3.8, 4) is 5.75 Å². The first-order chi connectivity index (χ1) is 16.7. The zero-order valence-electron chi connectivity index (χ0n) is 20.7. The minimum Gasteiger partial charge on any atom is -0.492 e. The number of hydrogen-bond donors (Lipinski definition) is 2. The van der Waals surface area contributed by atoms with Crippen LogP contribution in [0.5, 0.6) is 5.75 Å². The summed E-state index contributed by atoms with van der Waals surface area (Å²) in [6.07, 6.45) is 0. The number of ether oxygens (including phenoxy) is 1. The third kappa shape index (κ3) is 5.31. The lowest BCUT2D eigenvalue weighted by atomic mass is 9.95. The van der Waals surface area contributed by atoms with Gasteiger partial charge in [-0.05, 0) is 43.3 Å². The smallest absolute Gasteiger partial charge is 0.336 e. The van der Waals surface area contributed by atoms with E-state index in [-0.39, 0.29) is 11.5 Å². The summed E-state index contributed by atoms with van der Waals surface area (Å²) >= 11 is 0. The molecule has 0 spiro atoms. The van der Waals surface area contributed by atoms with Crippen molar-refractivity contribution >= 4 is 40.0 Å². The number of amides is 1. The Kier molecular flexibility index (Phi) is 6.82. The number of hydrogen-bond acceptors (Lipinski definition) is 6. The minimum atomic E-state index is -1.03. The van der Waals surface area contributed by atoms with E-state index in [1.807, 2.05) is 45.9 Å². The van der Waals surface area contributed by atoms with E-state index in [1.54, 1.807) is 24.3 Å². The molecule has 1 amide bonds. The fourth-order valence-electron chi connectivity index (χ4n) is 4.12. The topological polar surface area (TPSA) is 95.0 Å². The molecule has 0 radical (unpaired) electrons. The molecule has 8 nitrogen and oxygen atoms in total. The van der Waals surface area contributed by atoms with Gasteiger partial charge in [-0.1, -0.05) is 32.9 Å². The molecule has 0 bridgehead atoms. The summed E-state index contributed by atoms with van der Waals surface area (Å²) in [6.45, 7) is 11.0. The number of carbonyl (C=O) groups is 2. The molecule has 0 saturated carbocycles. The molecular weight excluding hydrogens is 444 g/mol. The fourth-order valence-corrected chi connectivity index (χ4v) is 4.12. The van der Waals surface area contributed by atoms with Crippen LogP contribution in [0.3, 0.4) is 0 Å². The van der Waals surface area contributed by atoms with Gasteiger partial charge in [0.15, 0.2) is 0 Å². The Balaban J connectivity index is 1.57. The van der Waals surface area contributed by atoms with Crippen molar-refractivity contribution in [3.05, 3.63) is 54.1 Å². The van der Waals surface area contributed by atoms with Crippen LogP contribution in [-0.4, -0.2) is 54.8 Å². The molecule has 2 aromatic carbocycles. The molecule has 0 atom stereocenters. The highest BCUT2D eigenvalue weighted by Crippen LogP contribution is 2.31. The second kappa shape index (κ2) is 9.82.